The first kappa shape index (κ1) is 18.7. The van der Waals surface area contributed by atoms with Gasteiger partial charge in [0.25, 0.3) is 5.89 Å². The summed E-state index contributed by atoms with van der Waals surface area (Å²) < 4.78 is 13.0. The minimum absolute atomic E-state index is 0.103. The Labute approximate surface area is 177 Å². The highest BCUT2D eigenvalue weighted by molar-refractivity contribution is 5.94. The number of nitrogens with zero attached hydrogens (tertiary/aromatic N) is 4. The second-order valence-electron chi connectivity index (χ2n) is 6.98. The molecular weight excluding hydrogens is 392 g/mol. The van der Waals surface area contributed by atoms with E-state index in [0.29, 0.717) is 11.5 Å². The molecule has 0 spiro atoms. The molecule has 152 valence electrons. The van der Waals surface area contributed by atoms with Crippen molar-refractivity contribution in [3.8, 4) is 17.1 Å². The Morgan fingerprint density at radius 2 is 1.71 bits per heavy atom. The molecule has 0 unspecified atom stereocenters. The van der Waals surface area contributed by atoms with E-state index in [9.17, 15) is 4.79 Å². The molecule has 0 N–H and O–H groups in total. The van der Waals surface area contributed by atoms with Crippen LogP contribution >= 0.6 is 0 Å². The predicted octanol–water partition coefficient (Wildman–Crippen LogP) is 4.74. The van der Waals surface area contributed by atoms with Gasteiger partial charge in [0.2, 0.25) is 5.89 Å². The molecule has 0 bridgehead atoms. The zero-order valence-corrected chi connectivity index (χ0v) is 16.7. The van der Waals surface area contributed by atoms with Crippen molar-refractivity contribution >= 4 is 17.0 Å². The van der Waals surface area contributed by atoms with Gasteiger partial charge in [-0.15, -0.1) is 10.2 Å². The van der Waals surface area contributed by atoms with E-state index >= 15 is 0 Å². The summed E-state index contributed by atoms with van der Waals surface area (Å²) in [5.74, 6) is 0.978. The van der Waals surface area contributed by atoms with Crippen molar-refractivity contribution in [2.24, 2.45) is 0 Å². The lowest BCUT2D eigenvalue weighted by Crippen LogP contribution is -2.05. The summed E-state index contributed by atoms with van der Waals surface area (Å²) in [6.07, 6.45) is 0. The Kier molecular flexibility index (Phi) is 4.76. The number of carbonyl (C=O) groups is 1. The Bertz CT molecular complexity index is 1360. The second kappa shape index (κ2) is 7.87. The summed E-state index contributed by atoms with van der Waals surface area (Å²) in [6.45, 7) is 1.83. The molecule has 0 radical (unpaired) electrons. The Hall–Kier alpha value is -4.26. The highest BCUT2D eigenvalue weighted by Gasteiger charge is 2.15. The highest BCUT2D eigenvalue weighted by Crippen LogP contribution is 2.23. The van der Waals surface area contributed by atoms with Crippen molar-refractivity contribution in [1.82, 2.24) is 19.7 Å². The van der Waals surface area contributed by atoms with Gasteiger partial charge in [0.1, 0.15) is 5.82 Å². The predicted molar refractivity (Wildman–Crippen MR) is 115 cm³/mol. The first-order chi connectivity index (χ1) is 15.2. The van der Waals surface area contributed by atoms with E-state index in [1.165, 1.54) is 0 Å². The minimum Gasteiger partial charge on any atom is -0.452 e. The molecule has 2 aromatic heterocycles. The van der Waals surface area contributed by atoms with Crippen molar-refractivity contribution in [2.75, 3.05) is 0 Å². The third-order valence-corrected chi connectivity index (χ3v) is 4.89. The monoisotopic (exact) mass is 410 g/mol. The molecule has 0 fully saturated rings. The van der Waals surface area contributed by atoms with Gasteiger partial charge in [-0.3, -0.25) is 4.57 Å². The largest absolute Gasteiger partial charge is 0.452 e. The molecule has 0 aliphatic heterocycles. The lowest BCUT2D eigenvalue weighted by atomic mass is 10.2. The fourth-order valence-corrected chi connectivity index (χ4v) is 3.45. The maximum atomic E-state index is 12.6. The highest BCUT2D eigenvalue weighted by atomic mass is 16.5. The first-order valence-electron chi connectivity index (χ1n) is 9.78. The molecule has 0 saturated carbocycles. The van der Waals surface area contributed by atoms with Crippen LogP contribution in [-0.4, -0.2) is 25.7 Å². The molecule has 5 aromatic rings. The normalized spacial score (nSPS) is 11.0. The summed E-state index contributed by atoms with van der Waals surface area (Å²) in [6, 6.07) is 24.7. The number of carbonyl (C=O) groups excluding carboxylic acids is 1. The second-order valence-corrected chi connectivity index (χ2v) is 6.98. The lowest BCUT2D eigenvalue weighted by molar-refractivity contribution is 0.0439. The fourth-order valence-electron chi connectivity index (χ4n) is 3.45. The molecule has 0 saturated heterocycles. The Morgan fingerprint density at radius 3 is 2.48 bits per heavy atom. The van der Waals surface area contributed by atoms with E-state index in [1.54, 1.807) is 12.1 Å². The third-order valence-electron chi connectivity index (χ3n) is 4.89. The number of hydrogen-bond acceptors (Lipinski definition) is 6. The van der Waals surface area contributed by atoms with Gasteiger partial charge in [0, 0.05) is 11.3 Å². The van der Waals surface area contributed by atoms with Crippen LogP contribution in [0.3, 0.4) is 0 Å². The molecule has 0 aliphatic rings. The van der Waals surface area contributed by atoms with Gasteiger partial charge in [0.05, 0.1) is 16.6 Å². The van der Waals surface area contributed by atoms with Crippen LogP contribution in [0.4, 0.5) is 0 Å². The van der Waals surface area contributed by atoms with E-state index in [-0.39, 0.29) is 12.5 Å². The van der Waals surface area contributed by atoms with Gasteiger partial charge in [-0.2, -0.15) is 0 Å². The molecular formula is C24H18N4O3. The topological polar surface area (TPSA) is 83.0 Å². The molecule has 3 aromatic carbocycles. The van der Waals surface area contributed by atoms with Crippen molar-refractivity contribution < 1.29 is 13.9 Å². The zero-order chi connectivity index (χ0) is 21.2. The summed E-state index contributed by atoms with van der Waals surface area (Å²) in [5.41, 5.74) is 3.88. The number of fused-ring (bicyclic) bond motifs is 1. The summed E-state index contributed by atoms with van der Waals surface area (Å²) in [4.78, 5) is 17.2. The van der Waals surface area contributed by atoms with Crippen LogP contribution in [0.25, 0.3) is 28.2 Å². The van der Waals surface area contributed by atoms with Crippen molar-refractivity contribution in [3.63, 3.8) is 0 Å². The number of ether oxygens (including phenoxy) is 1. The third kappa shape index (κ3) is 3.69. The first-order valence-corrected chi connectivity index (χ1v) is 9.78. The van der Waals surface area contributed by atoms with Crippen LogP contribution in [-0.2, 0) is 11.3 Å². The SMILES string of the molecule is Cc1nc2cc(C(=O)OCc3nnc(-c4ccccc4)o3)ccc2n1-c1ccccc1. The Morgan fingerprint density at radius 1 is 0.968 bits per heavy atom. The van der Waals surface area contributed by atoms with Gasteiger partial charge in [0.15, 0.2) is 6.61 Å². The Balaban J connectivity index is 1.33. The van der Waals surface area contributed by atoms with Crippen molar-refractivity contribution in [1.29, 1.82) is 0 Å². The van der Waals surface area contributed by atoms with Crippen LogP contribution < -0.4 is 0 Å². The standard InChI is InChI=1S/C24H18N4O3/c1-16-25-20-14-18(12-13-21(20)28(16)19-10-6-3-7-11-19)24(29)30-15-22-26-27-23(31-22)17-8-4-2-5-9-17/h2-14H,15H2,1H3. The van der Waals surface area contributed by atoms with Crippen molar-refractivity contribution in [2.45, 2.75) is 13.5 Å². The maximum Gasteiger partial charge on any atom is 0.338 e. The van der Waals surface area contributed by atoms with E-state index in [2.05, 4.69) is 15.2 Å². The fraction of sp³-hybridized carbons (Fsp3) is 0.0833. The van der Waals surface area contributed by atoms with Gasteiger partial charge in [-0.05, 0) is 49.4 Å². The lowest BCUT2D eigenvalue weighted by Gasteiger charge is -2.07. The van der Waals surface area contributed by atoms with E-state index in [1.807, 2.05) is 78.2 Å². The molecule has 2 heterocycles. The molecule has 0 atom stereocenters. The number of para-hydroxylation sites is 1. The van der Waals surface area contributed by atoms with Crippen LogP contribution in [0.2, 0.25) is 0 Å². The number of rotatable bonds is 5. The van der Waals surface area contributed by atoms with Crippen LogP contribution in [0, 0.1) is 6.92 Å². The van der Waals surface area contributed by atoms with Gasteiger partial charge in [-0.25, -0.2) is 9.78 Å². The zero-order valence-electron chi connectivity index (χ0n) is 16.7. The summed E-state index contributed by atoms with van der Waals surface area (Å²) >= 11 is 0. The van der Waals surface area contributed by atoms with Gasteiger partial charge >= 0.3 is 5.97 Å². The smallest absolute Gasteiger partial charge is 0.338 e. The number of aryl methyl sites for hydroxylation is 1. The summed E-state index contributed by atoms with van der Waals surface area (Å²) in [5, 5.41) is 7.95. The minimum atomic E-state index is -0.478. The van der Waals surface area contributed by atoms with E-state index in [4.69, 9.17) is 9.15 Å². The molecule has 31 heavy (non-hydrogen) atoms. The number of hydrogen-bond donors (Lipinski definition) is 0. The number of aromatic nitrogens is 4. The summed E-state index contributed by atoms with van der Waals surface area (Å²) in [7, 11) is 0. The molecule has 0 aliphatic carbocycles. The molecule has 5 rings (SSSR count). The van der Waals surface area contributed by atoms with Crippen molar-refractivity contribution in [3.05, 3.63) is 96.1 Å². The molecule has 0 amide bonds. The van der Waals surface area contributed by atoms with E-state index < -0.39 is 5.97 Å². The number of esters is 1. The number of imidazole rings is 1. The van der Waals surface area contributed by atoms with E-state index in [0.717, 1.165) is 28.1 Å². The van der Waals surface area contributed by atoms with Gasteiger partial charge in [-0.1, -0.05) is 36.4 Å². The molecule has 7 nitrogen and oxygen atoms in total. The average molecular weight is 410 g/mol. The number of benzene rings is 3. The van der Waals surface area contributed by atoms with Gasteiger partial charge < -0.3 is 9.15 Å². The van der Waals surface area contributed by atoms with Crippen LogP contribution in [0.5, 0.6) is 0 Å². The molecule has 7 heteroatoms. The van der Waals surface area contributed by atoms with Crippen LogP contribution in [0.15, 0.2) is 83.3 Å². The maximum absolute atomic E-state index is 12.6. The average Bonchev–Trinajstić information content (AvgIpc) is 3.42. The van der Waals surface area contributed by atoms with Crippen LogP contribution in [0.1, 0.15) is 22.1 Å². The quantitative estimate of drug-likeness (QED) is 0.389.